The summed E-state index contributed by atoms with van der Waals surface area (Å²) in [5.41, 5.74) is 0.888. The summed E-state index contributed by atoms with van der Waals surface area (Å²) in [6.45, 7) is 6.36. The fourth-order valence-corrected chi connectivity index (χ4v) is 4.28. The summed E-state index contributed by atoms with van der Waals surface area (Å²) in [4.78, 5) is 0.223. The highest BCUT2D eigenvalue weighted by Crippen LogP contribution is 2.29. The lowest BCUT2D eigenvalue weighted by Crippen LogP contribution is -2.48. The standard InChI is InChI=1S/C14H21NO4S/c1-10-5-6-13(18-4)14(7-10)20(16,17)15-8-11(2)19-12(3)9-15/h5-7,11-12H,8-9H2,1-4H3/t11-,12-/m0/s1. The number of nitrogens with zero attached hydrogens (tertiary/aromatic N) is 1. The fourth-order valence-electron chi connectivity index (χ4n) is 2.45. The zero-order valence-electron chi connectivity index (χ0n) is 12.3. The molecule has 1 aromatic rings. The number of hydrogen-bond donors (Lipinski definition) is 0. The van der Waals surface area contributed by atoms with Crippen LogP contribution in [0.5, 0.6) is 5.75 Å². The normalized spacial score (nSPS) is 24.6. The van der Waals surface area contributed by atoms with Crippen LogP contribution in [0.1, 0.15) is 19.4 Å². The van der Waals surface area contributed by atoms with Crippen LogP contribution in [0.3, 0.4) is 0 Å². The minimum absolute atomic E-state index is 0.107. The van der Waals surface area contributed by atoms with Crippen molar-refractivity contribution < 1.29 is 17.9 Å². The third-order valence-electron chi connectivity index (χ3n) is 3.32. The molecule has 1 aromatic carbocycles. The van der Waals surface area contributed by atoms with E-state index in [1.165, 1.54) is 11.4 Å². The molecule has 0 radical (unpaired) electrons. The van der Waals surface area contributed by atoms with Crippen molar-refractivity contribution in [2.24, 2.45) is 0 Å². The number of ether oxygens (including phenoxy) is 2. The highest BCUT2D eigenvalue weighted by atomic mass is 32.2. The maximum absolute atomic E-state index is 12.8. The van der Waals surface area contributed by atoms with Crippen LogP contribution in [-0.2, 0) is 14.8 Å². The Labute approximate surface area is 120 Å². The Kier molecular flexibility index (Phi) is 4.36. The van der Waals surface area contributed by atoms with Crippen LogP contribution in [0, 0.1) is 6.92 Å². The molecule has 0 saturated carbocycles. The van der Waals surface area contributed by atoms with E-state index in [2.05, 4.69) is 0 Å². The number of aryl methyl sites for hydroxylation is 1. The van der Waals surface area contributed by atoms with E-state index in [9.17, 15) is 8.42 Å². The highest BCUT2D eigenvalue weighted by Gasteiger charge is 2.33. The van der Waals surface area contributed by atoms with Gasteiger partial charge in [-0.25, -0.2) is 8.42 Å². The third kappa shape index (κ3) is 2.97. The summed E-state index contributed by atoms with van der Waals surface area (Å²) >= 11 is 0. The van der Waals surface area contributed by atoms with Crippen molar-refractivity contribution in [3.05, 3.63) is 23.8 Å². The summed E-state index contributed by atoms with van der Waals surface area (Å²) in [6.07, 6.45) is -0.214. The smallest absolute Gasteiger partial charge is 0.246 e. The first-order chi connectivity index (χ1) is 9.34. The predicted molar refractivity (Wildman–Crippen MR) is 76.5 cm³/mol. The van der Waals surface area contributed by atoms with E-state index >= 15 is 0 Å². The van der Waals surface area contributed by atoms with E-state index in [4.69, 9.17) is 9.47 Å². The molecular formula is C14H21NO4S. The first-order valence-corrected chi connectivity index (χ1v) is 8.09. The van der Waals surface area contributed by atoms with Crippen molar-refractivity contribution in [1.29, 1.82) is 0 Å². The van der Waals surface area contributed by atoms with E-state index in [-0.39, 0.29) is 17.1 Å². The molecule has 0 amide bonds. The van der Waals surface area contributed by atoms with Gasteiger partial charge in [0.25, 0.3) is 0 Å². The largest absolute Gasteiger partial charge is 0.495 e. The topological polar surface area (TPSA) is 55.8 Å². The van der Waals surface area contributed by atoms with Crippen molar-refractivity contribution in [1.82, 2.24) is 4.31 Å². The number of morpholine rings is 1. The van der Waals surface area contributed by atoms with E-state index in [0.717, 1.165) is 5.56 Å². The summed E-state index contributed by atoms with van der Waals surface area (Å²) in [6, 6.07) is 5.18. The molecule has 0 unspecified atom stereocenters. The van der Waals surface area contributed by atoms with Gasteiger partial charge in [0, 0.05) is 13.1 Å². The lowest BCUT2D eigenvalue weighted by Gasteiger charge is -2.34. The number of benzene rings is 1. The Balaban J connectivity index is 2.42. The van der Waals surface area contributed by atoms with Crippen molar-refractivity contribution in [2.75, 3.05) is 20.2 Å². The summed E-state index contributed by atoms with van der Waals surface area (Å²) < 4.78 is 37.9. The van der Waals surface area contributed by atoms with Crippen LogP contribution in [0.25, 0.3) is 0 Å². The summed E-state index contributed by atoms with van der Waals surface area (Å²) in [7, 11) is -2.08. The molecule has 0 N–H and O–H groups in total. The molecule has 0 aliphatic carbocycles. The Morgan fingerprint density at radius 3 is 2.40 bits per heavy atom. The van der Waals surface area contributed by atoms with Crippen LogP contribution in [0.4, 0.5) is 0 Å². The quantitative estimate of drug-likeness (QED) is 0.854. The first kappa shape index (κ1) is 15.3. The van der Waals surface area contributed by atoms with Crippen LogP contribution in [-0.4, -0.2) is 45.1 Å². The molecular weight excluding hydrogens is 278 g/mol. The zero-order chi connectivity index (χ0) is 14.9. The average Bonchev–Trinajstić information content (AvgIpc) is 2.37. The minimum atomic E-state index is -3.56. The van der Waals surface area contributed by atoms with E-state index in [1.54, 1.807) is 12.1 Å². The average molecular weight is 299 g/mol. The van der Waals surface area contributed by atoms with Gasteiger partial charge in [-0.1, -0.05) is 6.07 Å². The molecule has 2 atom stereocenters. The summed E-state index contributed by atoms with van der Waals surface area (Å²) in [5.74, 6) is 0.377. The molecule has 20 heavy (non-hydrogen) atoms. The van der Waals surface area contributed by atoms with Gasteiger partial charge in [-0.15, -0.1) is 0 Å². The molecule has 1 saturated heterocycles. The number of rotatable bonds is 3. The van der Waals surface area contributed by atoms with Crippen LogP contribution in [0.2, 0.25) is 0 Å². The number of methoxy groups -OCH3 is 1. The maximum atomic E-state index is 12.8. The number of hydrogen-bond acceptors (Lipinski definition) is 4. The van der Waals surface area contributed by atoms with Gasteiger partial charge >= 0.3 is 0 Å². The van der Waals surface area contributed by atoms with Crippen molar-refractivity contribution >= 4 is 10.0 Å². The molecule has 1 heterocycles. The van der Waals surface area contributed by atoms with Crippen molar-refractivity contribution in [2.45, 2.75) is 37.9 Å². The lowest BCUT2D eigenvalue weighted by atomic mass is 10.2. The Bertz CT molecular complexity index is 575. The second kappa shape index (κ2) is 5.71. The first-order valence-electron chi connectivity index (χ1n) is 6.65. The maximum Gasteiger partial charge on any atom is 0.246 e. The van der Waals surface area contributed by atoms with Gasteiger partial charge in [-0.05, 0) is 38.5 Å². The molecule has 0 bridgehead atoms. The lowest BCUT2D eigenvalue weighted by molar-refractivity contribution is -0.0441. The van der Waals surface area contributed by atoms with E-state index in [1.807, 2.05) is 26.8 Å². The molecule has 112 valence electrons. The molecule has 5 nitrogen and oxygen atoms in total. The van der Waals surface area contributed by atoms with Crippen LogP contribution < -0.4 is 4.74 Å². The van der Waals surface area contributed by atoms with Gasteiger partial charge in [0.05, 0.1) is 19.3 Å². The van der Waals surface area contributed by atoms with Gasteiger partial charge in [0.1, 0.15) is 10.6 Å². The Morgan fingerprint density at radius 1 is 1.25 bits per heavy atom. The molecule has 1 aliphatic heterocycles. The fraction of sp³-hybridized carbons (Fsp3) is 0.571. The highest BCUT2D eigenvalue weighted by molar-refractivity contribution is 7.89. The molecule has 1 fully saturated rings. The molecule has 0 spiro atoms. The molecule has 2 rings (SSSR count). The minimum Gasteiger partial charge on any atom is -0.495 e. The second-order valence-corrected chi connectivity index (χ2v) is 7.14. The molecule has 1 aliphatic rings. The third-order valence-corrected chi connectivity index (χ3v) is 5.18. The molecule has 0 aromatic heterocycles. The van der Waals surface area contributed by atoms with Crippen LogP contribution in [0.15, 0.2) is 23.1 Å². The second-order valence-electron chi connectivity index (χ2n) is 5.23. The van der Waals surface area contributed by atoms with Crippen molar-refractivity contribution in [3.63, 3.8) is 0 Å². The van der Waals surface area contributed by atoms with Crippen molar-refractivity contribution in [3.8, 4) is 5.75 Å². The Morgan fingerprint density at radius 2 is 1.85 bits per heavy atom. The van der Waals surface area contributed by atoms with E-state index in [0.29, 0.717) is 18.8 Å². The van der Waals surface area contributed by atoms with Gasteiger partial charge < -0.3 is 9.47 Å². The Hall–Kier alpha value is -1.11. The van der Waals surface area contributed by atoms with Gasteiger partial charge in [-0.2, -0.15) is 4.31 Å². The van der Waals surface area contributed by atoms with Crippen LogP contribution >= 0.6 is 0 Å². The zero-order valence-corrected chi connectivity index (χ0v) is 13.1. The van der Waals surface area contributed by atoms with Gasteiger partial charge in [-0.3, -0.25) is 0 Å². The summed E-state index contributed by atoms with van der Waals surface area (Å²) in [5, 5.41) is 0. The molecule has 6 heteroatoms. The SMILES string of the molecule is COc1ccc(C)cc1S(=O)(=O)N1C[C@H](C)O[C@@H](C)C1. The van der Waals surface area contributed by atoms with E-state index < -0.39 is 10.0 Å². The monoisotopic (exact) mass is 299 g/mol. The van der Waals surface area contributed by atoms with Gasteiger partial charge in [0.15, 0.2) is 0 Å². The predicted octanol–water partition coefficient (Wildman–Crippen LogP) is 1.80. The van der Waals surface area contributed by atoms with Gasteiger partial charge in [0.2, 0.25) is 10.0 Å². The number of sulfonamides is 1.